The van der Waals surface area contributed by atoms with Gasteiger partial charge in [-0.15, -0.1) is 0 Å². The molecular weight excluding hydrogens is 579 g/mol. The van der Waals surface area contributed by atoms with Crippen molar-refractivity contribution in [1.82, 2.24) is 0 Å². The summed E-state index contributed by atoms with van der Waals surface area (Å²) in [5.41, 5.74) is 19.3. The van der Waals surface area contributed by atoms with Gasteiger partial charge >= 0.3 is 0 Å². The van der Waals surface area contributed by atoms with E-state index in [0.717, 1.165) is 18.6 Å². The van der Waals surface area contributed by atoms with E-state index >= 15 is 0 Å². The predicted molar refractivity (Wildman–Crippen MR) is 198 cm³/mol. The van der Waals surface area contributed by atoms with Gasteiger partial charge in [-0.1, -0.05) is 158 Å². The summed E-state index contributed by atoms with van der Waals surface area (Å²) in [5, 5.41) is 0. The monoisotopic (exact) mass is 613 g/mol. The van der Waals surface area contributed by atoms with Crippen LogP contribution in [0.4, 0.5) is 0 Å². The van der Waals surface area contributed by atoms with Crippen LogP contribution in [0.2, 0.25) is 0 Å². The summed E-state index contributed by atoms with van der Waals surface area (Å²) in [6.45, 7) is 2.88. The number of hydrogen-bond donors (Lipinski definition) is 0. The SMILES string of the molecule is CC(=NCc1ccccc1)c1cccc2c1C1(c3ccccc3-c3ccccc31)c1ccccc1C21C2=C(C=CCC2)c2ccccc21. The molecule has 10 rings (SSSR count). The van der Waals surface area contributed by atoms with Gasteiger partial charge in [-0.3, -0.25) is 4.99 Å². The lowest BCUT2D eigenvalue weighted by Crippen LogP contribution is -2.45. The molecule has 1 heteroatoms. The van der Waals surface area contributed by atoms with E-state index in [4.69, 9.17) is 4.99 Å². The van der Waals surface area contributed by atoms with Crippen LogP contribution < -0.4 is 0 Å². The highest BCUT2D eigenvalue weighted by Gasteiger charge is 2.60. The minimum Gasteiger partial charge on any atom is -0.285 e. The van der Waals surface area contributed by atoms with Gasteiger partial charge in [0, 0.05) is 11.3 Å². The summed E-state index contributed by atoms with van der Waals surface area (Å²) in [7, 11) is 0. The molecule has 4 aliphatic carbocycles. The van der Waals surface area contributed by atoms with Crippen LogP contribution in [0.3, 0.4) is 0 Å². The first-order chi connectivity index (χ1) is 23.8. The van der Waals surface area contributed by atoms with E-state index in [1.54, 1.807) is 0 Å². The Morgan fingerprint density at radius 1 is 0.542 bits per heavy atom. The van der Waals surface area contributed by atoms with Crippen LogP contribution in [0.15, 0.2) is 168 Å². The molecule has 2 spiro atoms. The Kier molecular flexibility index (Phi) is 5.88. The second-order valence-electron chi connectivity index (χ2n) is 13.6. The van der Waals surface area contributed by atoms with E-state index in [1.165, 1.54) is 77.9 Å². The van der Waals surface area contributed by atoms with Crippen molar-refractivity contribution in [2.24, 2.45) is 4.99 Å². The molecule has 0 saturated heterocycles. The van der Waals surface area contributed by atoms with Gasteiger partial charge in [0.1, 0.15) is 0 Å². The van der Waals surface area contributed by atoms with Crippen molar-refractivity contribution >= 4 is 11.3 Å². The minimum absolute atomic E-state index is 0.393. The Bertz CT molecular complexity index is 2340. The van der Waals surface area contributed by atoms with Gasteiger partial charge in [0.2, 0.25) is 0 Å². The molecule has 228 valence electrons. The van der Waals surface area contributed by atoms with Crippen LogP contribution in [-0.4, -0.2) is 5.71 Å². The van der Waals surface area contributed by atoms with Crippen LogP contribution in [0.5, 0.6) is 0 Å². The molecule has 0 N–H and O–H groups in total. The highest BCUT2D eigenvalue weighted by molar-refractivity contribution is 6.04. The number of rotatable bonds is 3. The Labute approximate surface area is 282 Å². The predicted octanol–water partition coefficient (Wildman–Crippen LogP) is 10.8. The first-order valence-corrected chi connectivity index (χ1v) is 17.2. The van der Waals surface area contributed by atoms with Gasteiger partial charge in [-0.2, -0.15) is 0 Å². The lowest BCUT2D eigenvalue weighted by molar-refractivity contribution is 0.604. The lowest BCUT2D eigenvalue weighted by Gasteiger charge is -2.50. The lowest BCUT2D eigenvalue weighted by atomic mass is 9.51. The Morgan fingerprint density at radius 2 is 1.08 bits per heavy atom. The normalized spacial score (nSPS) is 19.1. The van der Waals surface area contributed by atoms with E-state index in [-0.39, 0.29) is 0 Å². The number of aliphatic imine (C=N–C) groups is 1. The first kappa shape index (κ1) is 27.6. The van der Waals surface area contributed by atoms with Crippen LogP contribution in [0.1, 0.15) is 75.4 Å². The highest BCUT2D eigenvalue weighted by atomic mass is 14.7. The summed E-state index contributed by atoms with van der Waals surface area (Å²) < 4.78 is 0. The topological polar surface area (TPSA) is 12.4 Å². The van der Waals surface area contributed by atoms with Gasteiger partial charge in [0.15, 0.2) is 0 Å². The van der Waals surface area contributed by atoms with Gasteiger partial charge in [0.05, 0.1) is 17.4 Å². The standard InChI is InChI=1S/C47H35N/c1-31(48-30-32-16-3-2-4-17-32)33-22-15-29-44-45(33)47(40-25-11-7-20-36(40)37-21-8-12-26-41(37)47)43-28-14-13-27-42(43)46(44)38-23-9-5-18-34(38)35-19-6-10-24-39(35)46/h2-9,11-23,25-29H,10,24,30H2,1H3. The van der Waals surface area contributed by atoms with E-state index in [9.17, 15) is 0 Å². The minimum atomic E-state index is -0.493. The largest absolute Gasteiger partial charge is 0.285 e. The molecule has 6 aromatic carbocycles. The smallest absolute Gasteiger partial charge is 0.0726 e. The number of hydrogen-bond acceptors (Lipinski definition) is 1. The quantitative estimate of drug-likeness (QED) is 0.176. The summed E-state index contributed by atoms with van der Waals surface area (Å²) in [4.78, 5) is 5.33. The second kappa shape index (κ2) is 10.2. The van der Waals surface area contributed by atoms with Crippen molar-refractivity contribution in [2.45, 2.75) is 37.1 Å². The average Bonchev–Trinajstić information content (AvgIpc) is 3.62. The zero-order chi connectivity index (χ0) is 31.9. The maximum Gasteiger partial charge on any atom is 0.0726 e. The third-order valence-corrected chi connectivity index (χ3v) is 11.5. The van der Waals surface area contributed by atoms with Crippen molar-refractivity contribution in [2.75, 3.05) is 0 Å². The van der Waals surface area contributed by atoms with Crippen LogP contribution >= 0.6 is 0 Å². The fraction of sp³-hybridized carbons (Fsp3) is 0.128. The molecule has 0 heterocycles. The molecule has 0 amide bonds. The molecule has 48 heavy (non-hydrogen) atoms. The van der Waals surface area contributed by atoms with Gasteiger partial charge < -0.3 is 0 Å². The van der Waals surface area contributed by atoms with Crippen molar-refractivity contribution in [1.29, 1.82) is 0 Å². The molecule has 1 unspecified atom stereocenters. The van der Waals surface area contributed by atoms with Gasteiger partial charge in [0.25, 0.3) is 0 Å². The van der Waals surface area contributed by atoms with Crippen LogP contribution in [0.25, 0.3) is 16.7 Å². The van der Waals surface area contributed by atoms with Crippen LogP contribution in [0, 0.1) is 0 Å². The number of fused-ring (bicyclic) bond motifs is 15. The van der Waals surface area contributed by atoms with Crippen molar-refractivity contribution in [3.63, 3.8) is 0 Å². The molecule has 0 aliphatic heterocycles. The number of benzene rings is 6. The van der Waals surface area contributed by atoms with E-state index in [2.05, 4.69) is 165 Å². The number of nitrogens with zero attached hydrogens (tertiary/aromatic N) is 1. The number of allylic oxidation sites excluding steroid dienone is 4. The summed E-state index contributed by atoms with van der Waals surface area (Å²) in [6.07, 6.45) is 6.86. The molecule has 0 saturated carbocycles. The van der Waals surface area contributed by atoms with Crippen molar-refractivity contribution in [3.05, 3.63) is 219 Å². The molecule has 1 atom stereocenters. The van der Waals surface area contributed by atoms with Gasteiger partial charge in [-0.25, -0.2) is 0 Å². The molecule has 0 radical (unpaired) electrons. The van der Waals surface area contributed by atoms with Crippen molar-refractivity contribution in [3.8, 4) is 11.1 Å². The molecule has 0 bridgehead atoms. The molecule has 1 nitrogen and oxygen atoms in total. The maximum atomic E-state index is 5.33. The fourth-order valence-corrected chi connectivity index (χ4v) is 9.79. The summed E-state index contributed by atoms with van der Waals surface area (Å²) in [6, 6.07) is 54.6. The van der Waals surface area contributed by atoms with E-state index in [0.29, 0.717) is 6.54 Å². The average molecular weight is 614 g/mol. The third kappa shape index (κ3) is 3.39. The molecular formula is C47H35N. The summed E-state index contributed by atoms with van der Waals surface area (Å²) in [5.74, 6) is 0. The summed E-state index contributed by atoms with van der Waals surface area (Å²) >= 11 is 0. The zero-order valence-corrected chi connectivity index (χ0v) is 27.1. The molecule has 0 aromatic heterocycles. The maximum absolute atomic E-state index is 5.33. The van der Waals surface area contributed by atoms with Crippen molar-refractivity contribution < 1.29 is 0 Å². The molecule has 4 aliphatic rings. The molecule has 6 aromatic rings. The van der Waals surface area contributed by atoms with Crippen LogP contribution in [-0.2, 0) is 17.4 Å². The Balaban J connectivity index is 1.39. The first-order valence-electron chi connectivity index (χ1n) is 17.2. The zero-order valence-electron chi connectivity index (χ0n) is 27.1. The molecule has 0 fully saturated rings. The third-order valence-electron chi connectivity index (χ3n) is 11.5. The van der Waals surface area contributed by atoms with Gasteiger partial charge in [-0.05, 0) is 92.1 Å². The highest BCUT2D eigenvalue weighted by Crippen LogP contribution is 2.68. The Hall–Kier alpha value is -5.53. The second-order valence-corrected chi connectivity index (χ2v) is 13.6. The van der Waals surface area contributed by atoms with E-state index < -0.39 is 10.8 Å². The Morgan fingerprint density at radius 3 is 1.77 bits per heavy atom. The fourth-order valence-electron chi connectivity index (χ4n) is 9.79. The van der Waals surface area contributed by atoms with E-state index in [1.807, 2.05) is 0 Å².